The Kier molecular flexibility index (Phi) is 5.27. The fraction of sp³-hybridized carbons (Fsp3) is 0.500. The van der Waals surface area contributed by atoms with Crippen LogP contribution < -0.4 is 9.64 Å². The maximum Gasteiger partial charge on any atom is 0.359 e. The van der Waals surface area contributed by atoms with E-state index in [0.717, 1.165) is 50.8 Å². The number of ether oxygens (including phenoxy) is 1. The summed E-state index contributed by atoms with van der Waals surface area (Å²) in [7, 11) is 0. The molecule has 8 heteroatoms. The van der Waals surface area contributed by atoms with Crippen LogP contribution in [0.25, 0.3) is 0 Å². The van der Waals surface area contributed by atoms with E-state index in [1.54, 1.807) is 0 Å². The predicted octanol–water partition coefficient (Wildman–Crippen LogP) is 3.13. The van der Waals surface area contributed by atoms with Gasteiger partial charge in [0.2, 0.25) is 11.6 Å². The molecule has 1 saturated carbocycles. The molecule has 0 radical (unpaired) electrons. The summed E-state index contributed by atoms with van der Waals surface area (Å²) in [5, 5.41) is 18.7. The largest absolute Gasteiger partial charge is 0.476 e. The van der Waals surface area contributed by atoms with Crippen molar-refractivity contribution < 1.29 is 19.4 Å². The first-order valence-corrected chi connectivity index (χ1v) is 9.83. The van der Waals surface area contributed by atoms with Crippen molar-refractivity contribution in [3.05, 3.63) is 35.5 Å². The first-order chi connectivity index (χ1) is 13.6. The van der Waals surface area contributed by atoms with E-state index in [2.05, 4.69) is 39.7 Å². The number of aromatic amines is 1. The van der Waals surface area contributed by atoms with Gasteiger partial charge in [-0.2, -0.15) is 0 Å². The number of benzene rings is 1. The van der Waals surface area contributed by atoms with Crippen LogP contribution in [-0.4, -0.2) is 45.0 Å². The average molecular weight is 384 g/mol. The molecule has 1 saturated heterocycles. The van der Waals surface area contributed by atoms with E-state index in [1.165, 1.54) is 5.56 Å². The van der Waals surface area contributed by atoms with Crippen LogP contribution in [0.15, 0.2) is 24.3 Å². The molecule has 0 atom stereocenters. The molecule has 0 unspecified atom stereocenters. The molecule has 1 amide bonds. The standard InChI is InChI=1S/C20H24N4O4/c25-17-3-1-2-12-24(17)15-8-4-13(5-9-15)14-6-10-16(11-7-14)28-19-18(20(26)27)21-23-22-19/h4-5,8-9,14,16H,1-3,6-7,10-12H2,(H,26,27)(H,21,22,23). The van der Waals surface area contributed by atoms with Gasteiger partial charge >= 0.3 is 5.97 Å². The van der Waals surface area contributed by atoms with Gasteiger partial charge in [0.05, 0.1) is 0 Å². The fourth-order valence-electron chi connectivity index (χ4n) is 4.12. The molecule has 1 aliphatic carbocycles. The number of piperidine rings is 1. The van der Waals surface area contributed by atoms with Crippen molar-refractivity contribution in [2.75, 3.05) is 11.4 Å². The highest BCUT2D eigenvalue weighted by atomic mass is 16.5. The summed E-state index contributed by atoms with van der Waals surface area (Å²) in [5.74, 6) is -0.403. The van der Waals surface area contributed by atoms with E-state index in [9.17, 15) is 9.59 Å². The Morgan fingerprint density at radius 3 is 2.57 bits per heavy atom. The van der Waals surface area contributed by atoms with Gasteiger partial charge in [0.1, 0.15) is 6.10 Å². The van der Waals surface area contributed by atoms with Crippen molar-refractivity contribution >= 4 is 17.6 Å². The quantitative estimate of drug-likeness (QED) is 0.820. The summed E-state index contributed by atoms with van der Waals surface area (Å²) in [5.41, 5.74) is 2.15. The third kappa shape index (κ3) is 3.85. The van der Waals surface area contributed by atoms with Gasteiger partial charge in [-0.15, -0.1) is 0 Å². The molecule has 2 fully saturated rings. The first-order valence-electron chi connectivity index (χ1n) is 9.83. The highest BCUT2D eigenvalue weighted by Crippen LogP contribution is 2.35. The van der Waals surface area contributed by atoms with Gasteiger partial charge < -0.3 is 14.7 Å². The maximum absolute atomic E-state index is 12.1. The van der Waals surface area contributed by atoms with Crippen LogP contribution in [-0.2, 0) is 4.79 Å². The van der Waals surface area contributed by atoms with Crippen molar-refractivity contribution in [3.63, 3.8) is 0 Å². The van der Waals surface area contributed by atoms with Crippen molar-refractivity contribution in [2.24, 2.45) is 0 Å². The second kappa shape index (κ2) is 8.00. The Hall–Kier alpha value is -2.90. The second-order valence-corrected chi connectivity index (χ2v) is 7.48. The number of hydrogen-bond donors (Lipinski definition) is 2. The minimum absolute atomic E-state index is 0.0512. The SMILES string of the molecule is O=C(O)c1[nH]nnc1OC1CCC(c2ccc(N3CCCCC3=O)cc2)CC1. The molecule has 28 heavy (non-hydrogen) atoms. The lowest BCUT2D eigenvalue weighted by Gasteiger charge is -2.30. The molecular weight excluding hydrogens is 360 g/mol. The zero-order valence-electron chi connectivity index (χ0n) is 15.6. The first kappa shape index (κ1) is 18.5. The maximum atomic E-state index is 12.1. The van der Waals surface area contributed by atoms with Crippen LogP contribution in [0.1, 0.15) is 66.9 Å². The molecule has 2 heterocycles. The predicted molar refractivity (Wildman–Crippen MR) is 102 cm³/mol. The third-order valence-electron chi connectivity index (χ3n) is 5.68. The average Bonchev–Trinajstić information content (AvgIpc) is 3.18. The van der Waals surface area contributed by atoms with Gasteiger partial charge in [-0.05, 0) is 62.1 Å². The smallest absolute Gasteiger partial charge is 0.359 e. The Morgan fingerprint density at radius 2 is 1.89 bits per heavy atom. The highest BCUT2D eigenvalue weighted by Gasteiger charge is 2.27. The summed E-state index contributed by atoms with van der Waals surface area (Å²) < 4.78 is 5.75. The zero-order valence-corrected chi connectivity index (χ0v) is 15.6. The number of aromatic nitrogens is 3. The van der Waals surface area contributed by atoms with Crippen LogP contribution in [0.3, 0.4) is 0 Å². The van der Waals surface area contributed by atoms with E-state index < -0.39 is 5.97 Å². The number of rotatable bonds is 5. The number of anilines is 1. The van der Waals surface area contributed by atoms with Gasteiger partial charge in [0, 0.05) is 18.7 Å². The molecule has 2 N–H and O–H groups in total. The molecule has 0 bridgehead atoms. The Balaban J connectivity index is 1.34. The van der Waals surface area contributed by atoms with Gasteiger partial charge in [-0.3, -0.25) is 4.79 Å². The van der Waals surface area contributed by atoms with Crippen molar-refractivity contribution in [1.82, 2.24) is 15.4 Å². The number of carboxylic acids is 1. The number of H-pyrrole nitrogens is 1. The van der Waals surface area contributed by atoms with Crippen LogP contribution in [0.4, 0.5) is 5.69 Å². The summed E-state index contributed by atoms with van der Waals surface area (Å²) in [4.78, 5) is 25.1. The summed E-state index contributed by atoms with van der Waals surface area (Å²) in [6.07, 6.45) is 6.24. The van der Waals surface area contributed by atoms with Gasteiger partial charge in [0.15, 0.2) is 0 Å². The second-order valence-electron chi connectivity index (χ2n) is 7.48. The molecule has 4 rings (SSSR count). The minimum Gasteiger partial charge on any atom is -0.476 e. The molecule has 8 nitrogen and oxygen atoms in total. The zero-order chi connectivity index (χ0) is 19.5. The molecule has 1 aliphatic heterocycles. The van der Waals surface area contributed by atoms with E-state index in [4.69, 9.17) is 9.84 Å². The molecule has 0 spiro atoms. The van der Waals surface area contributed by atoms with Crippen LogP contribution >= 0.6 is 0 Å². The number of amides is 1. The number of carbonyl (C=O) groups excluding carboxylic acids is 1. The number of hydrogen-bond acceptors (Lipinski definition) is 5. The minimum atomic E-state index is -1.12. The topological polar surface area (TPSA) is 108 Å². The molecule has 2 aliphatic rings. The molecule has 2 aromatic rings. The summed E-state index contributed by atoms with van der Waals surface area (Å²) in [6.45, 7) is 0.807. The molecule has 1 aromatic carbocycles. The van der Waals surface area contributed by atoms with Gasteiger partial charge in [0.25, 0.3) is 5.88 Å². The number of carbonyl (C=O) groups is 2. The monoisotopic (exact) mass is 384 g/mol. The lowest BCUT2D eigenvalue weighted by atomic mass is 9.82. The van der Waals surface area contributed by atoms with Crippen LogP contribution in [0, 0.1) is 0 Å². The molecular formula is C20H24N4O4. The number of nitrogens with zero attached hydrogens (tertiary/aromatic N) is 3. The van der Waals surface area contributed by atoms with E-state index in [0.29, 0.717) is 12.3 Å². The number of aromatic carboxylic acids is 1. The molecule has 1 aromatic heterocycles. The molecule has 148 valence electrons. The lowest BCUT2D eigenvalue weighted by Crippen LogP contribution is -2.35. The highest BCUT2D eigenvalue weighted by molar-refractivity contribution is 5.94. The lowest BCUT2D eigenvalue weighted by molar-refractivity contribution is -0.119. The summed E-state index contributed by atoms with van der Waals surface area (Å²) >= 11 is 0. The number of nitrogens with one attached hydrogen (secondary N) is 1. The van der Waals surface area contributed by atoms with Crippen LogP contribution in [0.2, 0.25) is 0 Å². The van der Waals surface area contributed by atoms with Crippen molar-refractivity contribution in [2.45, 2.75) is 57.0 Å². The Morgan fingerprint density at radius 1 is 1.14 bits per heavy atom. The fourth-order valence-corrected chi connectivity index (χ4v) is 4.12. The Labute approximate surface area is 162 Å². The Bertz CT molecular complexity index is 840. The third-order valence-corrected chi connectivity index (χ3v) is 5.68. The van der Waals surface area contributed by atoms with Crippen LogP contribution in [0.5, 0.6) is 5.88 Å². The van der Waals surface area contributed by atoms with E-state index in [-0.39, 0.29) is 23.6 Å². The van der Waals surface area contributed by atoms with Crippen molar-refractivity contribution in [1.29, 1.82) is 0 Å². The van der Waals surface area contributed by atoms with E-state index in [1.807, 2.05) is 4.90 Å². The number of carboxylic acid groups (broad SMARTS) is 1. The van der Waals surface area contributed by atoms with Crippen molar-refractivity contribution in [3.8, 4) is 5.88 Å². The van der Waals surface area contributed by atoms with E-state index >= 15 is 0 Å². The summed E-state index contributed by atoms with van der Waals surface area (Å²) in [6, 6.07) is 8.36. The van der Waals surface area contributed by atoms with Gasteiger partial charge in [-0.25, -0.2) is 9.89 Å². The normalized spacial score (nSPS) is 22.9. The van der Waals surface area contributed by atoms with Gasteiger partial charge in [-0.1, -0.05) is 22.4 Å².